The van der Waals surface area contributed by atoms with Gasteiger partial charge in [-0.3, -0.25) is 4.90 Å². The molecule has 136 valence electrons. The summed E-state index contributed by atoms with van der Waals surface area (Å²) in [5.41, 5.74) is 0.922. The third kappa shape index (κ3) is 3.32. The van der Waals surface area contributed by atoms with Gasteiger partial charge in [-0.2, -0.15) is 0 Å². The zero-order valence-corrected chi connectivity index (χ0v) is 14.6. The van der Waals surface area contributed by atoms with Crippen molar-refractivity contribution in [2.75, 3.05) is 13.2 Å². The number of nitrogens with zero attached hydrogens (tertiary/aromatic N) is 1. The molecule has 0 aromatic heterocycles. The Kier molecular flexibility index (Phi) is 4.66. The molecule has 5 nitrogen and oxygen atoms in total. The van der Waals surface area contributed by atoms with Crippen LogP contribution < -0.4 is 0 Å². The quantitative estimate of drug-likeness (QED) is 0.921. The first-order valence-corrected chi connectivity index (χ1v) is 9.00. The number of rotatable bonds is 3. The number of fused-ring (bicyclic) bond motifs is 2. The average molecular weight is 353 g/mol. The summed E-state index contributed by atoms with van der Waals surface area (Å²) in [7, 11) is 0. The minimum atomic E-state index is -0.934. The molecule has 2 unspecified atom stereocenters. The SMILES string of the molecule is O=C(OCc1ccccc1)N1C2COCC1CC(O)(c1ccccc1)C2. The van der Waals surface area contributed by atoms with Crippen molar-refractivity contribution in [3.63, 3.8) is 0 Å². The molecule has 2 atom stereocenters. The number of amides is 1. The highest BCUT2D eigenvalue weighted by Crippen LogP contribution is 2.41. The number of hydrogen-bond donors (Lipinski definition) is 1. The minimum Gasteiger partial charge on any atom is -0.445 e. The number of aliphatic hydroxyl groups is 1. The number of hydrogen-bond acceptors (Lipinski definition) is 4. The molecule has 2 aromatic carbocycles. The molecule has 4 rings (SSSR count). The zero-order valence-electron chi connectivity index (χ0n) is 14.6. The molecule has 2 fully saturated rings. The predicted molar refractivity (Wildman–Crippen MR) is 96.4 cm³/mol. The summed E-state index contributed by atoms with van der Waals surface area (Å²) in [6.07, 6.45) is 0.573. The van der Waals surface area contributed by atoms with Crippen molar-refractivity contribution in [2.45, 2.75) is 37.1 Å². The van der Waals surface area contributed by atoms with E-state index in [4.69, 9.17) is 9.47 Å². The van der Waals surface area contributed by atoms with E-state index in [2.05, 4.69) is 0 Å². The van der Waals surface area contributed by atoms with Gasteiger partial charge in [0.05, 0.1) is 30.9 Å². The van der Waals surface area contributed by atoms with Crippen LogP contribution in [0.3, 0.4) is 0 Å². The normalized spacial score (nSPS) is 27.8. The number of carbonyl (C=O) groups excluding carboxylic acids is 1. The number of morpholine rings is 1. The van der Waals surface area contributed by atoms with Gasteiger partial charge in [-0.15, -0.1) is 0 Å². The minimum absolute atomic E-state index is 0.184. The van der Waals surface area contributed by atoms with Gasteiger partial charge in [-0.1, -0.05) is 60.7 Å². The third-order valence-electron chi connectivity index (χ3n) is 5.28. The van der Waals surface area contributed by atoms with Gasteiger partial charge >= 0.3 is 6.09 Å². The Morgan fingerprint density at radius 1 is 1.04 bits per heavy atom. The van der Waals surface area contributed by atoms with Crippen LogP contribution in [0.5, 0.6) is 0 Å². The van der Waals surface area contributed by atoms with Gasteiger partial charge < -0.3 is 14.6 Å². The second-order valence-electron chi connectivity index (χ2n) is 7.10. The second kappa shape index (κ2) is 7.09. The predicted octanol–water partition coefficient (Wildman–Crippen LogP) is 3.07. The lowest BCUT2D eigenvalue weighted by atomic mass is 9.77. The molecule has 26 heavy (non-hydrogen) atoms. The summed E-state index contributed by atoms with van der Waals surface area (Å²) in [4.78, 5) is 14.5. The fraction of sp³-hybridized carbons (Fsp3) is 0.381. The van der Waals surface area contributed by atoms with Crippen molar-refractivity contribution in [3.05, 3.63) is 71.8 Å². The fourth-order valence-electron chi connectivity index (χ4n) is 4.05. The van der Waals surface area contributed by atoms with E-state index in [1.807, 2.05) is 60.7 Å². The van der Waals surface area contributed by atoms with Crippen LogP contribution in [0.4, 0.5) is 4.79 Å². The van der Waals surface area contributed by atoms with E-state index >= 15 is 0 Å². The van der Waals surface area contributed by atoms with Crippen molar-refractivity contribution in [1.29, 1.82) is 0 Å². The van der Waals surface area contributed by atoms with Crippen molar-refractivity contribution in [3.8, 4) is 0 Å². The molecule has 2 saturated heterocycles. The van der Waals surface area contributed by atoms with E-state index in [9.17, 15) is 9.90 Å². The lowest BCUT2D eigenvalue weighted by Gasteiger charge is -2.51. The largest absolute Gasteiger partial charge is 0.445 e. The Labute approximate surface area is 153 Å². The highest BCUT2D eigenvalue weighted by molar-refractivity contribution is 5.69. The summed E-state index contributed by atoms with van der Waals surface area (Å²) in [5.74, 6) is 0. The third-order valence-corrected chi connectivity index (χ3v) is 5.28. The standard InChI is InChI=1S/C21H23NO4/c23-20(26-13-16-7-3-1-4-8-16)22-18-11-21(24,12-19(22)15-25-14-18)17-9-5-2-6-10-17/h1-10,18-19,24H,11-15H2. The smallest absolute Gasteiger partial charge is 0.410 e. The molecule has 2 bridgehead atoms. The second-order valence-corrected chi connectivity index (χ2v) is 7.10. The Hall–Kier alpha value is -2.37. The van der Waals surface area contributed by atoms with Gasteiger partial charge in [0.25, 0.3) is 0 Å². The number of benzene rings is 2. The Morgan fingerprint density at radius 2 is 1.62 bits per heavy atom. The Morgan fingerprint density at radius 3 is 2.23 bits per heavy atom. The molecule has 2 aromatic rings. The monoisotopic (exact) mass is 353 g/mol. The molecule has 2 heterocycles. The van der Waals surface area contributed by atoms with Crippen LogP contribution >= 0.6 is 0 Å². The Balaban J connectivity index is 1.48. The highest BCUT2D eigenvalue weighted by atomic mass is 16.6. The van der Waals surface area contributed by atoms with Gasteiger partial charge in [0.2, 0.25) is 0 Å². The number of carbonyl (C=O) groups is 1. The lowest BCUT2D eigenvalue weighted by molar-refractivity contribution is -0.136. The van der Waals surface area contributed by atoms with Crippen molar-refractivity contribution in [2.24, 2.45) is 0 Å². The van der Waals surface area contributed by atoms with Crippen LogP contribution in [0.1, 0.15) is 24.0 Å². The molecule has 0 saturated carbocycles. The van der Waals surface area contributed by atoms with Crippen LogP contribution in [0.25, 0.3) is 0 Å². The van der Waals surface area contributed by atoms with Crippen LogP contribution in [-0.2, 0) is 21.7 Å². The zero-order chi connectivity index (χ0) is 18.0. The van der Waals surface area contributed by atoms with Gasteiger partial charge in [0, 0.05) is 12.8 Å². The average Bonchev–Trinajstić information content (AvgIpc) is 2.67. The van der Waals surface area contributed by atoms with Crippen LogP contribution in [-0.4, -0.2) is 41.4 Å². The van der Waals surface area contributed by atoms with E-state index in [0.717, 1.165) is 11.1 Å². The van der Waals surface area contributed by atoms with Crippen LogP contribution in [0.15, 0.2) is 60.7 Å². The molecule has 2 aliphatic rings. The van der Waals surface area contributed by atoms with E-state index in [-0.39, 0.29) is 24.8 Å². The summed E-state index contributed by atoms with van der Waals surface area (Å²) in [5, 5.41) is 11.2. The number of ether oxygens (including phenoxy) is 2. The topological polar surface area (TPSA) is 59.0 Å². The maximum atomic E-state index is 12.7. The van der Waals surface area contributed by atoms with Crippen LogP contribution in [0.2, 0.25) is 0 Å². The fourth-order valence-corrected chi connectivity index (χ4v) is 4.05. The maximum absolute atomic E-state index is 12.7. The molecule has 0 aliphatic carbocycles. The van der Waals surface area contributed by atoms with Gasteiger partial charge in [0.1, 0.15) is 6.61 Å². The van der Waals surface area contributed by atoms with E-state index in [1.54, 1.807) is 4.90 Å². The van der Waals surface area contributed by atoms with Crippen molar-refractivity contribution < 1.29 is 19.4 Å². The first kappa shape index (κ1) is 17.1. The summed E-state index contributed by atoms with van der Waals surface area (Å²) in [6.45, 7) is 1.09. The van der Waals surface area contributed by atoms with Crippen molar-refractivity contribution in [1.82, 2.24) is 4.90 Å². The molecular weight excluding hydrogens is 330 g/mol. The Bertz CT molecular complexity index is 735. The summed E-state index contributed by atoms with van der Waals surface area (Å²) < 4.78 is 11.2. The molecule has 2 aliphatic heterocycles. The number of piperidine rings is 1. The molecule has 5 heteroatoms. The summed E-state index contributed by atoms with van der Waals surface area (Å²) >= 11 is 0. The van der Waals surface area contributed by atoms with Gasteiger partial charge in [-0.05, 0) is 11.1 Å². The molecule has 1 amide bonds. The first-order valence-electron chi connectivity index (χ1n) is 9.00. The lowest BCUT2D eigenvalue weighted by Crippen LogP contribution is -2.62. The van der Waals surface area contributed by atoms with E-state index < -0.39 is 5.60 Å². The van der Waals surface area contributed by atoms with Gasteiger partial charge in [-0.25, -0.2) is 4.79 Å². The van der Waals surface area contributed by atoms with Crippen molar-refractivity contribution >= 4 is 6.09 Å². The highest BCUT2D eigenvalue weighted by Gasteiger charge is 2.49. The molecule has 1 N–H and O–H groups in total. The van der Waals surface area contributed by atoms with E-state index in [1.165, 1.54) is 0 Å². The van der Waals surface area contributed by atoms with Gasteiger partial charge in [0.15, 0.2) is 0 Å². The molecule has 0 radical (unpaired) electrons. The molecule has 0 spiro atoms. The van der Waals surface area contributed by atoms with E-state index in [0.29, 0.717) is 26.1 Å². The molecular formula is C21H23NO4. The first-order chi connectivity index (χ1) is 12.7. The maximum Gasteiger partial charge on any atom is 0.410 e. The van der Waals surface area contributed by atoms with Crippen LogP contribution in [0, 0.1) is 0 Å². The summed E-state index contributed by atoms with van der Waals surface area (Å²) in [6, 6.07) is 19.0.